The Hall–Kier alpha value is -3.09. The van der Waals surface area contributed by atoms with Crippen molar-refractivity contribution in [1.82, 2.24) is 4.90 Å². The summed E-state index contributed by atoms with van der Waals surface area (Å²) in [5, 5.41) is 0. The number of nitrogens with zero attached hydrogens (tertiary/aromatic N) is 1. The molecule has 6 rings (SSSR count). The summed E-state index contributed by atoms with van der Waals surface area (Å²) in [7, 11) is 1.91. The maximum atomic E-state index is 13.4. The highest BCUT2D eigenvalue weighted by Crippen LogP contribution is 2.53. The van der Waals surface area contributed by atoms with E-state index in [-0.39, 0.29) is 24.0 Å². The SMILES string of the molecule is CN1C(=O)C2=CC=CCC2C1(c1ccc(OCC2CO2)cc1)c1ccc(OCC2CO2)cc1. The van der Waals surface area contributed by atoms with E-state index in [0.29, 0.717) is 13.2 Å². The number of rotatable bonds is 8. The van der Waals surface area contributed by atoms with Crippen LogP contribution in [0.2, 0.25) is 0 Å². The third-order valence-electron chi connectivity index (χ3n) is 7.01. The Labute approximate surface area is 193 Å². The first-order valence-corrected chi connectivity index (χ1v) is 11.5. The zero-order valence-corrected chi connectivity index (χ0v) is 18.6. The van der Waals surface area contributed by atoms with Gasteiger partial charge in [-0.1, -0.05) is 42.5 Å². The average molecular weight is 446 g/mol. The lowest BCUT2D eigenvalue weighted by molar-refractivity contribution is -0.126. The van der Waals surface area contributed by atoms with Crippen LogP contribution in [0, 0.1) is 5.92 Å². The number of carbonyl (C=O) groups excluding carboxylic acids is 1. The van der Waals surface area contributed by atoms with Crippen molar-refractivity contribution >= 4 is 5.91 Å². The monoisotopic (exact) mass is 445 g/mol. The Morgan fingerprint density at radius 1 is 0.909 bits per heavy atom. The summed E-state index contributed by atoms with van der Waals surface area (Å²) in [6.07, 6.45) is 7.33. The molecule has 3 aliphatic heterocycles. The van der Waals surface area contributed by atoms with Gasteiger partial charge in [-0.25, -0.2) is 0 Å². The highest BCUT2D eigenvalue weighted by molar-refractivity contribution is 5.99. The van der Waals surface area contributed by atoms with E-state index in [9.17, 15) is 4.79 Å². The van der Waals surface area contributed by atoms with Gasteiger partial charge in [0.15, 0.2) is 0 Å². The molecule has 0 N–H and O–H groups in total. The zero-order chi connectivity index (χ0) is 22.4. The fraction of sp³-hybridized carbons (Fsp3) is 0.370. The number of allylic oxidation sites excluding steroid dienone is 3. The predicted molar refractivity (Wildman–Crippen MR) is 122 cm³/mol. The normalized spacial score (nSPS) is 29.5. The van der Waals surface area contributed by atoms with Crippen LogP contribution in [0.1, 0.15) is 17.5 Å². The van der Waals surface area contributed by atoms with E-state index in [1.165, 1.54) is 0 Å². The number of epoxide rings is 2. The lowest BCUT2D eigenvalue weighted by Gasteiger charge is -2.41. The molecular weight excluding hydrogens is 418 g/mol. The lowest BCUT2D eigenvalue weighted by atomic mass is 9.70. The minimum absolute atomic E-state index is 0.0262. The third-order valence-corrected chi connectivity index (χ3v) is 7.01. The number of likely N-dealkylation sites (tertiary alicyclic amines) is 1. The number of ether oxygens (including phenoxy) is 4. The highest BCUT2D eigenvalue weighted by atomic mass is 16.6. The van der Waals surface area contributed by atoms with Crippen molar-refractivity contribution in [2.45, 2.75) is 24.2 Å². The van der Waals surface area contributed by atoms with E-state index >= 15 is 0 Å². The minimum Gasteiger partial charge on any atom is -0.491 e. The summed E-state index contributed by atoms with van der Waals surface area (Å²) >= 11 is 0. The topological polar surface area (TPSA) is 63.8 Å². The van der Waals surface area contributed by atoms with Crippen molar-refractivity contribution in [2.75, 3.05) is 33.5 Å². The first-order valence-electron chi connectivity index (χ1n) is 11.5. The molecule has 3 atom stereocenters. The Morgan fingerprint density at radius 3 is 1.91 bits per heavy atom. The van der Waals surface area contributed by atoms with Crippen LogP contribution in [0.4, 0.5) is 0 Å². The molecule has 3 saturated heterocycles. The van der Waals surface area contributed by atoms with Crippen molar-refractivity contribution in [3.63, 3.8) is 0 Å². The van der Waals surface area contributed by atoms with Crippen molar-refractivity contribution in [2.24, 2.45) is 5.92 Å². The zero-order valence-electron chi connectivity index (χ0n) is 18.6. The van der Waals surface area contributed by atoms with Gasteiger partial charge in [0.05, 0.1) is 13.2 Å². The molecule has 170 valence electrons. The van der Waals surface area contributed by atoms with Gasteiger partial charge < -0.3 is 23.8 Å². The molecule has 2 aromatic rings. The highest BCUT2D eigenvalue weighted by Gasteiger charge is 2.56. The number of benzene rings is 2. The molecule has 3 fully saturated rings. The Kier molecular flexibility index (Phi) is 5.00. The molecule has 0 bridgehead atoms. The Morgan fingerprint density at radius 2 is 1.42 bits per heavy atom. The van der Waals surface area contributed by atoms with Crippen LogP contribution < -0.4 is 9.47 Å². The van der Waals surface area contributed by atoms with Gasteiger partial charge >= 0.3 is 0 Å². The molecule has 6 heteroatoms. The van der Waals surface area contributed by atoms with Crippen LogP contribution in [-0.2, 0) is 19.8 Å². The molecule has 0 radical (unpaired) electrons. The van der Waals surface area contributed by atoms with E-state index in [4.69, 9.17) is 18.9 Å². The van der Waals surface area contributed by atoms with Crippen molar-refractivity contribution in [1.29, 1.82) is 0 Å². The fourth-order valence-corrected chi connectivity index (χ4v) is 5.11. The smallest absolute Gasteiger partial charge is 0.250 e. The summed E-state index contributed by atoms with van der Waals surface area (Å²) in [5.74, 6) is 1.71. The summed E-state index contributed by atoms with van der Waals surface area (Å²) in [6, 6.07) is 16.3. The van der Waals surface area contributed by atoms with Crippen LogP contribution in [-0.4, -0.2) is 56.5 Å². The van der Waals surface area contributed by atoms with E-state index in [2.05, 4.69) is 30.3 Å². The maximum Gasteiger partial charge on any atom is 0.250 e. The third kappa shape index (κ3) is 3.63. The summed E-state index contributed by atoms with van der Waals surface area (Å²) in [5.41, 5.74) is 2.39. The average Bonchev–Trinajstić information content (AvgIpc) is 3.78. The molecule has 6 nitrogen and oxygen atoms in total. The number of amides is 1. The Bertz CT molecular complexity index is 1040. The fourth-order valence-electron chi connectivity index (χ4n) is 5.11. The quantitative estimate of drug-likeness (QED) is 0.583. The molecule has 0 spiro atoms. The Balaban J connectivity index is 1.37. The maximum absolute atomic E-state index is 13.4. The van der Waals surface area contributed by atoms with Gasteiger partial charge in [0.25, 0.3) is 5.91 Å². The second kappa shape index (κ2) is 8.04. The van der Waals surface area contributed by atoms with Crippen molar-refractivity contribution in [3.05, 3.63) is 83.5 Å². The number of carbonyl (C=O) groups is 1. The second-order valence-corrected chi connectivity index (χ2v) is 9.05. The summed E-state index contributed by atoms with van der Waals surface area (Å²) in [6.45, 7) is 2.67. The van der Waals surface area contributed by atoms with Gasteiger partial charge in [0.2, 0.25) is 0 Å². The van der Waals surface area contributed by atoms with Gasteiger partial charge in [-0.05, 0) is 41.8 Å². The van der Waals surface area contributed by atoms with Gasteiger partial charge in [-0.15, -0.1) is 0 Å². The molecule has 1 aliphatic carbocycles. The predicted octanol–water partition coefficient (Wildman–Crippen LogP) is 3.46. The second-order valence-electron chi connectivity index (χ2n) is 9.05. The van der Waals surface area contributed by atoms with Crippen LogP contribution in [0.5, 0.6) is 11.5 Å². The van der Waals surface area contributed by atoms with Crippen LogP contribution in [0.15, 0.2) is 72.3 Å². The molecule has 33 heavy (non-hydrogen) atoms. The number of hydrogen-bond acceptors (Lipinski definition) is 5. The molecule has 1 amide bonds. The number of fused-ring (bicyclic) bond motifs is 1. The molecular formula is C27H27NO5. The van der Waals surface area contributed by atoms with Crippen molar-refractivity contribution in [3.8, 4) is 11.5 Å². The van der Waals surface area contributed by atoms with E-state index < -0.39 is 5.54 Å². The lowest BCUT2D eigenvalue weighted by Crippen LogP contribution is -2.45. The summed E-state index contributed by atoms with van der Waals surface area (Å²) in [4.78, 5) is 15.3. The minimum atomic E-state index is -0.607. The molecule has 2 aromatic carbocycles. The van der Waals surface area contributed by atoms with Crippen LogP contribution >= 0.6 is 0 Å². The van der Waals surface area contributed by atoms with Gasteiger partial charge in [-0.2, -0.15) is 0 Å². The standard InChI is InChI=1S/C27H27NO5/c1-28-26(29)24-4-2-3-5-25(24)27(28,18-6-10-20(11-7-18)30-14-22-16-32-22)19-8-12-21(13-9-19)31-15-23-17-33-23/h2-4,6-13,22-23,25H,5,14-17H2,1H3. The van der Waals surface area contributed by atoms with Gasteiger partial charge in [-0.3, -0.25) is 4.79 Å². The number of likely N-dealkylation sites (N-methyl/N-ethyl adjacent to an activating group) is 1. The molecule has 3 unspecified atom stereocenters. The van der Waals surface area contributed by atoms with E-state index in [0.717, 1.165) is 47.8 Å². The van der Waals surface area contributed by atoms with Crippen molar-refractivity contribution < 1.29 is 23.7 Å². The molecule has 0 saturated carbocycles. The van der Waals surface area contributed by atoms with Crippen LogP contribution in [0.3, 0.4) is 0 Å². The molecule has 4 aliphatic rings. The van der Waals surface area contributed by atoms with Gasteiger partial charge in [0, 0.05) is 18.5 Å². The summed E-state index contributed by atoms with van der Waals surface area (Å²) < 4.78 is 22.2. The first kappa shape index (κ1) is 20.5. The molecule has 3 heterocycles. The van der Waals surface area contributed by atoms with E-state index in [1.807, 2.05) is 48.4 Å². The van der Waals surface area contributed by atoms with Gasteiger partial charge in [0.1, 0.15) is 42.5 Å². The first-order chi connectivity index (χ1) is 16.2. The van der Waals surface area contributed by atoms with E-state index in [1.54, 1.807) is 0 Å². The number of hydrogen-bond donors (Lipinski definition) is 0. The largest absolute Gasteiger partial charge is 0.491 e. The molecule has 0 aromatic heterocycles. The van der Waals surface area contributed by atoms with Crippen LogP contribution in [0.25, 0.3) is 0 Å².